The number of carboxylic acid groups (broad SMARTS) is 1. The van der Waals surface area contributed by atoms with Crippen molar-refractivity contribution in [2.75, 3.05) is 7.11 Å². The molecule has 0 aromatic heterocycles. The third-order valence-electron chi connectivity index (χ3n) is 0.498. The van der Waals surface area contributed by atoms with Gasteiger partial charge in [0.2, 0.25) is 0 Å². The monoisotopic (exact) mass is 182 g/mol. The van der Waals surface area contributed by atoms with Gasteiger partial charge in [0.1, 0.15) is 5.78 Å². The number of rotatable bonds is 1. The number of Topliss-reactive ketones (excluding diaryl/α,β-unsaturated/α-hetero) is 1. The Morgan fingerprint density at radius 1 is 1.17 bits per heavy atom. The molecule has 0 amide bonds. The molecule has 76 valence electrons. The van der Waals surface area contributed by atoms with Crippen LogP contribution in [0.1, 0.15) is 27.2 Å². The van der Waals surface area contributed by atoms with Crippen LogP contribution in [0.25, 0.3) is 0 Å². The van der Waals surface area contributed by atoms with E-state index < -0.39 is 5.97 Å². The molecule has 0 saturated carbocycles. The van der Waals surface area contributed by atoms with Crippen LogP contribution < -0.4 is 0 Å². The standard InChI is InChI=1S/C4H8O.C2H4O2.CH4O.H2O/c1-3-4(2)5;1-2(3)4;1-2;/h3H2,1-2H3;1H3,(H,3,4);2H,1H3;1H2. The van der Waals surface area contributed by atoms with E-state index in [4.69, 9.17) is 15.0 Å². The minimum Gasteiger partial charge on any atom is -0.481 e. The highest BCUT2D eigenvalue weighted by Gasteiger charge is 1.76. The summed E-state index contributed by atoms with van der Waals surface area (Å²) in [6, 6.07) is 0. The lowest BCUT2D eigenvalue weighted by Gasteiger charge is -1.71. The molecular formula is C7H18O5. The van der Waals surface area contributed by atoms with Gasteiger partial charge in [-0.3, -0.25) is 4.79 Å². The van der Waals surface area contributed by atoms with E-state index in [0.717, 1.165) is 14.0 Å². The summed E-state index contributed by atoms with van der Waals surface area (Å²) in [6.07, 6.45) is 0.667. The fourth-order valence-electron chi connectivity index (χ4n) is 0. The van der Waals surface area contributed by atoms with Crippen LogP contribution in [0.2, 0.25) is 0 Å². The number of aliphatic carboxylic acids is 1. The van der Waals surface area contributed by atoms with Crippen molar-refractivity contribution in [3.8, 4) is 0 Å². The van der Waals surface area contributed by atoms with Gasteiger partial charge in [-0.25, -0.2) is 0 Å². The van der Waals surface area contributed by atoms with Gasteiger partial charge in [-0.2, -0.15) is 0 Å². The zero-order chi connectivity index (χ0) is 9.86. The number of hydrogen-bond acceptors (Lipinski definition) is 3. The first-order valence-corrected chi connectivity index (χ1v) is 3.14. The van der Waals surface area contributed by atoms with Crippen LogP contribution in [0.4, 0.5) is 0 Å². The number of carbonyl (C=O) groups excluding carboxylic acids is 1. The lowest BCUT2D eigenvalue weighted by atomic mass is 10.4. The van der Waals surface area contributed by atoms with Gasteiger partial charge in [0, 0.05) is 20.5 Å². The third kappa shape index (κ3) is 524. The van der Waals surface area contributed by atoms with Crippen LogP contribution in [0.3, 0.4) is 0 Å². The van der Waals surface area contributed by atoms with Gasteiger partial charge in [-0.1, -0.05) is 6.92 Å². The second kappa shape index (κ2) is 22.5. The van der Waals surface area contributed by atoms with Crippen molar-refractivity contribution >= 4 is 11.8 Å². The van der Waals surface area contributed by atoms with Crippen LogP contribution >= 0.6 is 0 Å². The highest BCUT2D eigenvalue weighted by molar-refractivity contribution is 5.74. The zero-order valence-corrected chi connectivity index (χ0v) is 7.92. The minimum atomic E-state index is -0.833. The molecule has 0 heterocycles. The Morgan fingerprint density at radius 2 is 1.25 bits per heavy atom. The largest absolute Gasteiger partial charge is 0.481 e. The molecule has 0 aliphatic carbocycles. The molecule has 0 rings (SSSR count). The SMILES string of the molecule is CC(=O)O.CCC(C)=O.CO.O. The minimum absolute atomic E-state index is 0. The summed E-state index contributed by atoms with van der Waals surface area (Å²) in [5, 5.41) is 14.4. The normalized spacial score (nSPS) is 5.75. The Hall–Kier alpha value is -0.940. The smallest absolute Gasteiger partial charge is 0.300 e. The Bertz CT molecular complexity index is 96.0. The van der Waals surface area contributed by atoms with Gasteiger partial charge in [-0.15, -0.1) is 0 Å². The number of hydrogen-bond donors (Lipinski definition) is 2. The average Bonchev–Trinajstić information content (AvgIpc) is 1.91. The number of carboxylic acids is 1. The lowest BCUT2D eigenvalue weighted by Crippen LogP contribution is -1.80. The first kappa shape index (κ1) is 22.5. The van der Waals surface area contributed by atoms with Gasteiger partial charge in [0.25, 0.3) is 5.97 Å². The number of ketones is 1. The predicted octanol–water partition coefficient (Wildman–Crippen LogP) is -0.140. The molecule has 0 unspecified atom stereocenters. The van der Waals surface area contributed by atoms with E-state index in [1.54, 1.807) is 6.92 Å². The average molecular weight is 182 g/mol. The van der Waals surface area contributed by atoms with E-state index in [2.05, 4.69) is 0 Å². The molecule has 0 saturated heterocycles. The van der Waals surface area contributed by atoms with Gasteiger partial charge in [-0.05, 0) is 6.92 Å². The van der Waals surface area contributed by atoms with Gasteiger partial charge in [0.05, 0.1) is 0 Å². The first-order chi connectivity index (χ1) is 5.00. The molecule has 0 radical (unpaired) electrons. The molecule has 0 bridgehead atoms. The zero-order valence-electron chi connectivity index (χ0n) is 7.92. The van der Waals surface area contributed by atoms with Crippen LogP contribution in [-0.4, -0.2) is 34.6 Å². The fraction of sp³-hybridized carbons (Fsp3) is 0.714. The predicted molar refractivity (Wildman–Crippen MR) is 46.0 cm³/mol. The number of aliphatic hydroxyl groups is 1. The van der Waals surface area contributed by atoms with E-state index in [9.17, 15) is 4.79 Å². The summed E-state index contributed by atoms with van der Waals surface area (Å²) in [7, 11) is 1.00. The molecule has 0 aliphatic heterocycles. The summed E-state index contributed by atoms with van der Waals surface area (Å²) in [5.74, 6) is -0.579. The topological polar surface area (TPSA) is 106 Å². The molecular weight excluding hydrogens is 164 g/mol. The summed E-state index contributed by atoms with van der Waals surface area (Å²) >= 11 is 0. The van der Waals surface area contributed by atoms with E-state index in [1.807, 2.05) is 6.92 Å². The van der Waals surface area contributed by atoms with Crippen LogP contribution in [0.15, 0.2) is 0 Å². The van der Waals surface area contributed by atoms with Crippen LogP contribution in [0, 0.1) is 0 Å². The van der Waals surface area contributed by atoms with Gasteiger partial charge < -0.3 is 20.5 Å². The van der Waals surface area contributed by atoms with E-state index in [0.29, 0.717) is 6.42 Å². The highest BCUT2D eigenvalue weighted by atomic mass is 16.4. The van der Waals surface area contributed by atoms with Crippen molar-refractivity contribution in [1.29, 1.82) is 0 Å². The fourth-order valence-corrected chi connectivity index (χ4v) is 0. The Morgan fingerprint density at radius 3 is 1.25 bits per heavy atom. The van der Waals surface area contributed by atoms with Gasteiger partial charge >= 0.3 is 0 Å². The molecule has 0 fully saturated rings. The Kier molecular flexibility index (Phi) is 42.1. The van der Waals surface area contributed by atoms with Crippen molar-refractivity contribution in [3.05, 3.63) is 0 Å². The second-order valence-electron chi connectivity index (χ2n) is 1.57. The van der Waals surface area contributed by atoms with Crippen molar-refractivity contribution in [2.24, 2.45) is 0 Å². The molecule has 0 atom stereocenters. The van der Waals surface area contributed by atoms with E-state index >= 15 is 0 Å². The molecule has 0 spiro atoms. The van der Waals surface area contributed by atoms with Crippen LogP contribution in [0.5, 0.6) is 0 Å². The molecule has 0 aromatic carbocycles. The quantitative estimate of drug-likeness (QED) is 0.588. The van der Waals surface area contributed by atoms with E-state index in [-0.39, 0.29) is 11.3 Å². The summed E-state index contributed by atoms with van der Waals surface area (Å²) in [4.78, 5) is 18.8. The maximum Gasteiger partial charge on any atom is 0.300 e. The maximum absolute atomic E-state index is 9.81. The van der Waals surface area contributed by atoms with E-state index in [1.165, 1.54) is 0 Å². The summed E-state index contributed by atoms with van der Waals surface area (Å²) in [5.41, 5.74) is 0. The highest BCUT2D eigenvalue weighted by Crippen LogP contribution is 1.71. The van der Waals surface area contributed by atoms with Crippen molar-refractivity contribution in [2.45, 2.75) is 27.2 Å². The number of carbonyl (C=O) groups is 2. The second-order valence-corrected chi connectivity index (χ2v) is 1.57. The molecule has 5 nitrogen and oxygen atoms in total. The Balaban J connectivity index is -0.0000000419. The molecule has 5 heteroatoms. The molecule has 4 N–H and O–H groups in total. The summed E-state index contributed by atoms with van der Waals surface area (Å²) in [6.45, 7) is 4.52. The Labute approximate surface area is 72.3 Å². The van der Waals surface area contributed by atoms with Crippen molar-refractivity contribution in [1.82, 2.24) is 0 Å². The van der Waals surface area contributed by atoms with Crippen molar-refractivity contribution < 1.29 is 25.3 Å². The summed E-state index contributed by atoms with van der Waals surface area (Å²) < 4.78 is 0. The van der Waals surface area contributed by atoms with Crippen molar-refractivity contribution in [3.63, 3.8) is 0 Å². The number of aliphatic hydroxyl groups excluding tert-OH is 1. The van der Waals surface area contributed by atoms with Gasteiger partial charge in [0.15, 0.2) is 0 Å². The molecule has 0 aliphatic rings. The maximum atomic E-state index is 9.81. The molecule has 12 heavy (non-hydrogen) atoms. The third-order valence-corrected chi connectivity index (χ3v) is 0.498. The van der Waals surface area contributed by atoms with Crippen LogP contribution in [-0.2, 0) is 9.59 Å². The lowest BCUT2D eigenvalue weighted by molar-refractivity contribution is -0.134. The molecule has 0 aromatic rings. The first-order valence-electron chi connectivity index (χ1n) is 3.14.